The van der Waals surface area contributed by atoms with Crippen molar-refractivity contribution >= 4 is 46.7 Å². The predicted octanol–water partition coefficient (Wildman–Crippen LogP) is 2.70. The summed E-state index contributed by atoms with van der Waals surface area (Å²) in [6.45, 7) is 2.78. The molecule has 0 amide bonds. The predicted molar refractivity (Wildman–Crippen MR) is 66.4 cm³/mol. The van der Waals surface area contributed by atoms with Crippen molar-refractivity contribution in [3.63, 3.8) is 0 Å². The molecule has 0 heterocycles. The smallest absolute Gasteiger partial charge is 0.363 e. The molecule has 66 valence electrons. The molecule has 12 heavy (non-hydrogen) atoms. The van der Waals surface area contributed by atoms with Gasteiger partial charge in [-0.1, -0.05) is 67.4 Å². The molecule has 0 aromatic heterocycles. The Hall–Kier alpha value is 0.607. The van der Waals surface area contributed by atoms with Gasteiger partial charge in [0.05, 0.1) is 0 Å². The van der Waals surface area contributed by atoms with Crippen LogP contribution in [0, 0.1) is 0 Å². The highest BCUT2D eigenvalue weighted by atomic mass is 127. The standard InChI is InChI=1S/C8H10BrIOSi/c1-2-11-12(9,10)8-6-4-3-5-7-8/h3-7H,2H2,1H3. The third kappa shape index (κ3) is 2.83. The van der Waals surface area contributed by atoms with Gasteiger partial charge in [0.15, 0.2) is 0 Å². The normalized spacial score (nSPS) is 15.6. The Labute approximate surface area is 94.4 Å². The lowest BCUT2D eigenvalue weighted by Gasteiger charge is -2.17. The Balaban J connectivity index is 2.82. The van der Waals surface area contributed by atoms with Gasteiger partial charge in [0.25, 0.3) is 0 Å². The second-order valence-electron chi connectivity index (χ2n) is 2.32. The lowest BCUT2D eigenvalue weighted by Crippen LogP contribution is -2.38. The molecular formula is C8H10BrIOSi. The minimum Gasteiger partial charge on any atom is -0.396 e. The first-order chi connectivity index (χ1) is 5.67. The summed E-state index contributed by atoms with van der Waals surface area (Å²) in [4.78, 5) is 0. The summed E-state index contributed by atoms with van der Waals surface area (Å²) in [5.41, 5.74) is 0. The van der Waals surface area contributed by atoms with Crippen LogP contribution in [0.5, 0.6) is 0 Å². The van der Waals surface area contributed by atoms with E-state index in [2.05, 4.69) is 49.2 Å². The SMILES string of the molecule is CCO[Si](Br)(I)c1ccccc1. The molecule has 1 aromatic rings. The lowest BCUT2D eigenvalue weighted by atomic mass is 10.4. The highest BCUT2D eigenvalue weighted by Gasteiger charge is 2.30. The summed E-state index contributed by atoms with van der Waals surface area (Å²) in [5, 5.41) is 1.27. The zero-order chi connectivity index (χ0) is 9.03. The van der Waals surface area contributed by atoms with Crippen molar-refractivity contribution in [1.82, 2.24) is 0 Å². The number of hydrogen-bond acceptors (Lipinski definition) is 1. The van der Waals surface area contributed by atoms with Crippen molar-refractivity contribution in [3.05, 3.63) is 30.3 Å². The first-order valence-corrected chi connectivity index (χ1v) is 11.0. The molecule has 0 spiro atoms. The van der Waals surface area contributed by atoms with Gasteiger partial charge in [-0.05, 0) is 12.1 Å². The lowest BCUT2D eigenvalue weighted by molar-refractivity contribution is 0.362. The number of benzene rings is 1. The summed E-state index contributed by atoms with van der Waals surface area (Å²) in [7, 11) is 0. The van der Waals surface area contributed by atoms with E-state index in [0.717, 1.165) is 6.61 Å². The van der Waals surface area contributed by atoms with Crippen LogP contribution in [0.2, 0.25) is 0 Å². The van der Waals surface area contributed by atoms with Gasteiger partial charge in [-0.2, -0.15) is 0 Å². The third-order valence-corrected chi connectivity index (χ3v) is 7.96. The van der Waals surface area contributed by atoms with Crippen molar-refractivity contribution < 1.29 is 4.43 Å². The molecule has 0 aliphatic heterocycles. The molecule has 0 N–H and O–H groups in total. The molecule has 0 fully saturated rings. The molecule has 1 atom stereocenters. The Morgan fingerprint density at radius 1 is 1.42 bits per heavy atom. The minimum absolute atomic E-state index is 0.759. The van der Waals surface area contributed by atoms with E-state index in [-0.39, 0.29) is 0 Å². The van der Waals surface area contributed by atoms with Gasteiger partial charge in [0.1, 0.15) is 0 Å². The van der Waals surface area contributed by atoms with Crippen LogP contribution in [-0.2, 0) is 4.43 Å². The maximum atomic E-state index is 5.66. The molecule has 1 rings (SSSR count). The second kappa shape index (κ2) is 4.73. The fourth-order valence-corrected chi connectivity index (χ4v) is 5.50. The van der Waals surface area contributed by atoms with Crippen molar-refractivity contribution in [2.24, 2.45) is 0 Å². The Morgan fingerprint density at radius 3 is 2.50 bits per heavy atom. The fourth-order valence-electron chi connectivity index (χ4n) is 0.897. The average molecular weight is 357 g/mol. The van der Waals surface area contributed by atoms with Crippen LogP contribution in [0.4, 0.5) is 0 Å². The maximum Gasteiger partial charge on any atom is 0.363 e. The van der Waals surface area contributed by atoms with E-state index < -0.39 is 4.43 Å². The van der Waals surface area contributed by atoms with E-state index in [1.165, 1.54) is 5.19 Å². The molecular weight excluding hydrogens is 347 g/mol. The highest BCUT2D eigenvalue weighted by Crippen LogP contribution is 2.21. The van der Waals surface area contributed by atoms with Gasteiger partial charge in [0.2, 0.25) is 0 Å². The molecule has 0 radical (unpaired) electrons. The average Bonchev–Trinajstić information content (AvgIpc) is 2.06. The fraction of sp³-hybridized carbons (Fsp3) is 0.250. The monoisotopic (exact) mass is 356 g/mol. The summed E-state index contributed by atoms with van der Waals surface area (Å²) >= 11 is 6.03. The quantitative estimate of drug-likeness (QED) is 0.459. The number of hydrogen-bond donors (Lipinski definition) is 0. The molecule has 0 saturated carbocycles. The molecule has 1 unspecified atom stereocenters. The largest absolute Gasteiger partial charge is 0.396 e. The van der Waals surface area contributed by atoms with Gasteiger partial charge < -0.3 is 4.43 Å². The number of rotatable bonds is 3. The molecule has 0 aliphatic carbocycles. The van der Waals surface area contributed by atoms with Crippen LogP contribution >= 0.6 is 37.1 Å². The van der Waals surface area contributed by atoms with Gasteiger partial charge >= 0.3 is 4.43 Å². The Bertz CT molecular complexity index is 240. The van der Waals surface area contributed by atoms with Crippen LogP contribution in [0.3, 0.4) is 0 Å². The van der Waals surface area contributed by atoms with Crippen molar-refractivity contribution in [3.8, 4) is 0 Å². The number of halogens is 2. The van der Waals surface area contributed by atoms with Gasteiger partial charge in [0, 0.05) is 6.61 Å². The summed E-state index contributed by atoms with van der Waals surface area (Å²) in [6.07, 6.45) is 0. The maximum absolute atomic E-state index is 5.66. The van der Waals surface area contributed by atoms with Crippen LogP contribution in [0.1, 0.15) is 6.92 Å². The van der Waals surface area contributed by atoms with E-state index in [9.17, 15) is 0 Å². The molecule has 1 aromatic carbocycles. The molecule has 4 heteroatoms. The Morgan fingerprint density at radius 2 is 2.00 bits per heavy atom. The van der Waals surface area contributed by atoms with E-state index in [1.807, 2.05) is 25.1 Å². The van der Waals surface area contributed by atoms with Crippen LogP contribution in [-0.4, -0.2) is 11.0 Å². The molecule has 0 bridgehead atoms. The zero-order valence-electron chi connectivity index (χ0n) is 6.76. The zero-order valence-corrected chi connectivity index (χ0v) is 11.5. The third-order valence-electron chi connectivity index (χ3n) is 1.44. The topological polar surface area (TPSA) is 9.23 Å². The van der Waals surface area contributed by atoms with Crippen LogP contribution < -0.4 is 5.19 Å². The minimum atomic E-state index is -1.80. The van der Waals surface area contributed by atoms with E-state index in [0.29, 0.717) is 0 Å². The second-order valence-corrected chi connectivity index (χ2v) is 16.6. The van der Waals surface area contributed by atoms with Crippen LogP contribution in [0.25, 0.3) is 0 Å². The van der Waals surface area contributed by atoms with Crippen molar-refractivity contribution in [1.29, 1.82) is 0 Å². The van der Waals surface area contributed by atoms with Crippen molar-refractivity contribution in [2.75, 3.05) is 6.61 Å². The Kier molecular flexibility index (Phi) is 4.22. The first kappa shape index (κ1) is 10.7. The van der Waals surface area contributed by atoms with E-state index in [1.54, 1.807) is 0 Å². The van der Waals surface area contributed by atoms with Gasteiger partial charge in [-0.25, -0.2) is 0 Å². The van der Waals surface area contributed by atoms with E-state index in [4.69, 9.17) is 4.43 Å². The summed E-state index contributed by atoms with van der Waals surface area (Å²) in [6, 6.07) is 10.3. The van der Waals surface area contributed by atoms with Crippen molar-refractivity contribution in [2.45, 2.75) is 6.92 Å². The first-order valence-electron chi connectivity index (χ1n) is 3.74. The van der Waals surface area contributed by atoms with Crippen LogP contribution in [0.15, 0.2) is 30.3 Å². The molecule has 0 aliphatic rings. The molecule has 0 saturated heterocycles. The van der Waals surface area contributed by atoms with Gasteiger partial charge in [-0.3, -0.25) is 0 Å². The molecule has 1 nitrogen and oxygen atoms in total. The summed E-state index contributed by atoms with van der Waals surface area (Å²) in [5.74, 6) is 0. The van der Waals surface area contributed by atoms with Gasteiger partial charge in [-0.15, -0.1) is 0 Å². The highest BCUT2D eigenvalue weighted by molar-refractivity contribution is 14.1. The summed E-state index contributed by atoms with van der Waals surface area (Å²) < 4.78 is 3.86. The van der Waals surface area contributed by atoms with E-state index >= 15 is 0 Å².